The van der Waals surface area contributed by atoms with Crippen LogP contribution in [0.2, 0.25) is 0 Å². The molecule has 2 aromatic heterocycles. The van der Waals surface area contributed by atoms with Gasteiger partial charge in [-0.3, -0.25) is 9.69 Å². The van der Waals surface area contributed by atoms with Gasteiger partial charge in [-0.15, -0.1) is 11.3 Å². The van der Waals surface area contributed by atoms with Crippen LogP contribution in [0, 0.1) is 0 Å². The van der Waals surface area contributed by atoms with Crippen LogP contribution >= 0.6 is 34.4 Å². The summed E-state index contributed by atoms with van der Waals surface area (Å²) in [6, 6.07) is 10.3. The van der Waals surface area contributed by atoms with Crippen LogP contribution < -0.4 is 10.1 Å². The molecular formula is C20H21N3O2S3. The Hall–Kier alpha value is -1.87. The number of ether oxygens (including phenoxy) is 1. The average molecular weight is 432 g/mol. The first-order valence-electron chi connectivity index (χ1n) is 8.99. The summed E-state index contributed by atoms with van der Waals surface area (Å²) in [6.45, 7) is 2.92. The Morgan fingerprint density at radius 2 is 2.25 bits per heavy atom. The van der Waals surface area contributed by atoms with Crippen molar-refractivity contribution in [3.8, 4) is 5.75 Å². The largest absolute Gasteiger partial charge is 0.484 e. The highest BCUT2D eigenvalue weighted by Gasteiger charge is 2.24. The number of nitrogens with zero attached hydrogens (tertiary/aromatic N) is 2. The lowest BCUT2D eigenvalue weighted by Crippen LogP contribution is -2.36. The molecule has 1 aliphatic heterocycles. The van der Waals surface area contributed by atoms with Gasteiger partial charge in [-0.1, -0.05) is 30.0 Å². The molecule has 0 saturated heterocycles. The Bertz CT molecular complexity index is 926. The number of hydrogen-bond acceptors (Lipinski definition) is 7. The van der Waals surface area contributed by atoms with Crippen LogP contribution in [0.15, 0.2) is 50.8 Å². The number of benzene rings is 1. The van der Waals surface area contributed by atoms with Gasteiger partial charge in [0.15, 0.2) is 0 Å². The molecule has 1 unspecified atom stereocenters. The molecule has 8 heteroatoms. The number of fused-ring (bicyclic) bond motifs is 1. The maximum absolute atomic E-state index is 12.3. The summed E-state index contributed by atoms with van der Waals surface area (Å²) in [5, 5.41) is 9.03. The zero-order valence-electron chi connectivity index (χ0n) is 15.5. The maximum atomic E-state index is 12.3. The molecule has 3 aromatic rings. The van der Waals surface area contributed by atoms with E-state index in [0.717, 1.165) is 29.7 Å². The van der Waals surface area contributed by atoms with E-state index in [0.29, 0.717) is 12.2 Å². The van der Waals surface area contributed by atoms with E-state index in [1.807, 2.05) is 29.8 Å². The molecule has 0 saturated carbocycles. The van der Waals surface area contributed by atoms with E-state index in [1.54, 1.807) is 23.1 Å². The van der Waals surface area contributed by atoms with E-state index in [9.17, 15) is 4.79 Å². The van der Waals surface area contributed by atoms with Crippen molar-refractivity contribution in [2.45, 2.75) is 17.0 Å². The number of para-hydroxylation sites is 1. The molecule has 1 aromatic carbocycles. The molecular weight excluding hydrogens is 410 g/mol. The van der Waals surface area contributed by atoms with Crippen LogP contribution in [-0.4, -0.2) is 41.7 Å². The van der Waals surface area contributed by atoms with Crippen LogP contribution in [0.3, 0.4) is 0 Å². The minimum absolute atomic E-state index is 0.00622. The number of thiazole rings is 1. The van der Waals surface area contributed by atoms with Crippen LogP contribution in [-0.2, 0) is 6.54 Å². The highest BCUT2D eigenvalue weighted by Crippen LogP contribution is 2.31. The summed E-state index contributed by atoms with van der Waals surface area (Å²) < 4.78 is 7.22. The highest BCUT2D eigenvalue weighted by molar-refractivity contribution is 8.00. The Morgan fingerprint density at radius 1 is 1.36 bits per heavy atom. The second kappa shape index (κ2) is 9.09. The van der Waals surface area contributed by atoms with E-state index < -0.39 is 0 Å². The quantitative estimate of drug-likeness (QED) is 0.590. The Balaban J connectivity index is 1.41. The van der Waals surface area contributed by atoms with Gasteiger partial charge < -0.3 is 10.1 Å². The fourth-order valence-corrected chi connectivity index (χ4v) is 5.10. The molecule has 0 spiro atoms. The van der Waals surface area contributed by atoms with Gasteiger partial charge in [0.2, 0.25) is 0 Å². The molecule has 0 bridgehead atoms. The lowest BCUT2D eigenvalue weighted by molar-refractivity contribution is 0.0938. The van der Waals surface area contributed by atoms with Gasteiger partial charge in [0, 0.05) is 42.7 Å². The fourth-order valence-electron chi connectivity index (χ4n) is 3.16. The number of rotatable bonds is 6. The van der Waals surface area contributed by atoms with Crippen molar-refractivity contribution in [3.63, 3.8) is 0 Å². The Labute approximate surface area is 176 Å². The number of amides is 1. The predicted molar refractivity (Wildman–Crippen MR) is 116 cm³/mol. The zero-order chi connectivity index (χ0) is 19.3. The van der Waals surface area contributed by atoms with E-state index in [4.69, 9.17) is 4.74 Å². The zero-order valence-corrected chi connectivity index (χ0v) is 17.9. The maximum Gasteiger partial charge on any atom is 0.270 e. The van der Waals surface area contributed by atoms with Crippen LogP contribution in [0.4, 0.5) is 0 Å². The highest BCUT2D eigenvalue weighted by atomic mass is 32.2. The van der Waals surface area contributed by atoms with E-state index >= 15 is 0 Å². The predicted octanol–water partition coefficient (Wildman–Crippen LogP) is 4.29. The summed E-state index contributed by atoms with van der Waals surface area (Å²) >= 11 is 4.74. The molecule has 146 valence electrons. The minimum atomic E-state index is -0.114. The van der Waals surface area contributed by atoms with Gasteiger partial charge >= 0.3 is 0 Å². The third-order valence-electron chi connectivity index (χ3n) is 4.58. The molecule has 1 atom stereocenters. The van der Waals surface area contributed by atoms with Gasteiger partial charge in [0.1, 0.15) is 21.9 Å². The first-order chi connectivity index (χ1) is 13.7. The number of aromatic nitrogens is 1. The van der Waals surface area contributed by atoms with Crippen LogP contribution in [0.25, 0.3) is 0 Å². The lowest BCUT2D eigenvalue weighted by atomic mass is 10.2. The second-order valence-corrected chi connectivity index (χ2v) is 9.16. The van der Waals surface area contributed by atoms with Gasteiger partial charge in [-0.05, 0) is 29.1 Å². The molecule has 0 aliphatic carbocycles. The molecule has 28 heavy (non-hydrogen) atoms. The first-order valence-corrected chi connectivity index (χ1v) is 12.0. The Morgan fingerprint density at radius 3 is 3.04 bits per heavy atom. The molecule has 1 aliphatic rings. The Kier molecular flexibility index (Phi) is 6.31. The van der Waals surface area contributed by atoms with E-state index in [2.05, 4.69) is 38.1 Å². The molecule has 1 amide bonds. The molecule has 4 rings (SSSR count). The second-order valence-electron chi connectivity index (χ2n) is 6.46. The van der Waals surface area contributed by atoms with Crippen LogP contribution in [0.1, 0.15) is 27.7 Å². The van der Waals surface area contributed by atoms with Gasteiger partial charge in [-0.25, -0.2) is 4.98 Å². The molecule has 5 nitrogen and oxygen atoms in total. The van der Waals surface area contributed by atoms with Gasteiger partial charge in [0.25, 0.3) is 5.91 Å². The molecule has 3 heterocycles. The molecule has 1 N–H and O–H groups in total. The number of thiophene rings is 1. The van der Waals surface area contributed by atoms with Crippen molar-refractivity contribution in [3.05, 3.63) is 63.3 Å². The number of thioether (sulfide) groups is 1. The standard InChI is InChI=1S/C20H21N3O2S3/c1-26-20-22-16(13-28-20)19(24)21-7-8-23-10-14-4-2-3-5-17(14)25-18(11-23)15-6-9-27-12-15/h2-6,9,12-13,18H,7-8,10-11H2,1H3,(H,21,24). The summed E-state index contributed by atoms with van der Waals surface area (Å²) in [6.07, 6.45) is 1.96. The normalized spacial score (nSPS) is 16.8. The number of nitrogens with one attached hydrogen (secondary N) is 1. The monoisotopic (exact) mass is 431 g/mol. The van der Waals surface area contributed by atoms with E-state index in [-0.39, 0.29) is 12.0 Å². The summed E-state index contributed by atoms with van der Waals surface area (Å²) in [5.74, 6) is 0.828. The molecule has 0 fully saturated rings. The number of carbonyl (C=O) groups excluding carboxylic acids is 1. The van der Waals surface area contributed by atoms with Crippen molar-refractivity contribution in [1.29, 1.82) is 0 Å². The lowest BCUT2D eigenvalue weighted by Gasteiger charge is -2.23. The first kappa shape index (κ1) is 19.4. The summed E-state index contributed by atoms with van der Waals surface area (Å²) in [5.41, 5.74) is 2.87. The van der Waals surface area contributed by atoms with Crippen molar-refractivity contribution in [2.75, 3.05) is 25.9 Å². The number of carbonyl (C=O) groups is 1. The fraction of sp³-hybridized carbons (Fsp3) is 0.300. The summed E-state index contributed by atoms with van der Waals surface area (Å²) in [4.78, 5) is 19.0. The van der Waals surface area contributed by atoms with Crippen LogP contribution in [0.5, 0.6) is 5.75 Å². The topological polar surface area (TPSA) is 54.5 Å². The van der Waals surface area contributed by atoms with Crippen molar-refractivity contribution >= 4 is 40.3 Å². The SMILES string of the molecule is CSc1nc(C(=O)NCCN2Cc3ccccc3OC(c3ccsc3)C2)cs1. The van der Waals surface area contributed by atoms with Crippen molar-refractivity contribution < 1.29 is 9.53 Å². The summed E-state index contributed by atoms with van der Waals surface area (Å²) in [7, 11) is 0. The van der Waals surface area contributed by atoms with E-state index in [1.165, 1.54) is 22.5 Å². The number of hydrogen-bond donors (Lipinski definition) is 1. The molecule has 0 radical (unpaired) electrons. The third-order valence-corrected chi connectivity index (χ3v) is 7.14. The van der Waals surface area contributed by atoms with Crippen molar-refractivity contribution in [2.24, 2.45) is 0 Å². The smallest absolute Gasteiger partial charge is 0.270 e. The van der Waals surface area contributed by atoms with Gasteiger partial charge in [-0.2, -0.15) is 11.3 Å². The van der Waals surface area contributed by atoms with Gasteiger partial charge in [0.05, 0.1) is 0 Å². The van der Waals surface area contributed by atoms with Crippen molar-refractivity contribution in [1.82, 2.24) is 15.2 Å². The third kappa shape index (κ3) is 4.57. The average Bonchev–Trinajstić information content (AvgIpc) is 3.37. The minimum Gasteiger partial charge on any atom is -0.484 e.